The second-order valence-corrected chi connectivity index (χ2v) is 5.69. The summed E-state index contributed by atoms with van der Waals surface area (Å²) in [5, 5.41) is 6.12. The van der Waals surface area contributed by atoms with Crippen molar-refractivity contribution in [2.45, 2.75) is 12.7 Å². The van der Waals surface area contributed by atoms with E-state index in [0.717, 1.165) is 36.0 Å². The maximum absolute atomic E-state index is 5.80. The Morgan fingerprint density at radius 3 is 3.24 bits per heavy atom. The fraction of sp³-hybridized carbons (Fsp3) is 0.400. The highest BCUT2D eigenvalue weighted by Crippen LogP contribution is 2.27. The van der Waals surface area contributed by atoms with Gasteiger partial charge in [-0.05, 0) is 17.7 Å². The molecule has 0 spiro atoms. The molecule has 2 heterocycles. The third-order valence-corrected chi connectivity index (χ3v) is 3.98. The van der Waals surface area contributed by atoms with Gasteiger partial charge in [0.05, 0.1) is 24.7 Å². The molecule has 0 saturated carbocycles. The molecule has 0 amide bonds. The highest BCUT2D eigenvalue weighted by atomic mass is 32.1. The van der Waals surface area contributed by atoms with E-state index in [0.29, 0.717) is 12.5 Å². The zero-order chi connectivity index (χ0) is 14.5. The Balaban J connectivity index is 1.69. The number of nitrogens with one attached hydrogen (secondary N) is 1. The number of hydrogen-bond donors (Lipinski definition) is 1. The first-order chi connectivity index (χ1) is 10.3. The van der Waals surface area contributed by atoms with Gasteiger partial charge in [-0.15, -0.1) is 11.3 Å². The molecule has 1 atom stereocenters. The van der Waals surface area contributed by atoms with Gasteiger partial charge < -0.3 is 19.5 Å². The molecule has 1 N–H and O–H groups in total. The Hall–Kier alpha value is -1.47. The predicted octanol–water partition coefficient (Wildman–Crippen LogP) is 2.74. The molecule has 1 aromatic heterocycles. The molecule has 1 aliphatic rings. The zero-order valence-electron chi connectivity index (χ0n) is 11.9. The molecule has 1 fully saturated rings. The second kappa shape index (κ2) is 7.00. The van der Waals surface area contributed by atoms with Crippen molar-refractivity contribution in [1.29, 1.82) is 0 Å². The first-order valence-corrected chi connectivity index (χ1v) is 7.76. The molecule has 0 bridgehead atoms. The number of hydrogen-bond acceptors (Lipinski definition) is 6. The summed E-state index contributed by atoms with van der Waals surface area (Å²) in [5.41, 5.74) is 1.12. The monoisotopic (exact) mass is 306 g/mol. The van der Waals surface area contributed by atoms with Crippen LogP contribution in [0.3, 0.4) is 0 Å². The highest BCUT2D eigenvalue weighted by Gasteiger charge is 2.16. The van der Waals surface area contributed by atoms with Crippen LogP contribution >= 0.6 is 11.3 Å². The third-order valence-electron chi connectivity index (χ3n) is 3.18. The summed E-state index contributed by atoms with van der Waals surface area (Å²) in [6, 6.07) is 7.97. The lowest BCUT2D eigenvalue weighted by atomic mass is 10.1. The fourth-order valence-corrected chi connectivity index (χ4v) is 2.88. The molecule has 1 aromatic carbocycles. The minimum absolute atomic E-state index is 0.0850. The molecule has 3 rings (SSSR count). The molecule has 0 aliphatic carbocycles. The van der Waals surface area contributed by atoms with Crippen LogP contribution in [0.4, 0.5) is 0 Å². The highest BCUT2D eigenvalue weighted by molar-refractivity contribution is 7.09. The van der Waals surface area contributed by atoms with Gasteiger partial charge in [0.25, 0.3) is 0 Å². The summed E-state index contributed by atoms with van der Waals surface area (Å²) in [7, 11) is 1.66. The van der Waals surface area contributed by atoms with Crippen molar-refractivity contribution in [1.82, 2.24) is 10.3 Å². The summed E-state index contributed by atoms with van der Waals surface area (Å²) < 4.78 is 16.6. The second-order valence-electron chi connectivity index (χ2n) is 4.75. The molecule has 6 heteroatoms. The Labute approximate surface area is 127 Å². The number of benzene rings is 1. The molecule has 1 aliphatic heterocycles. The van der Waals surface area contributed by atoms with Gasteiger partial charge in [0.1, 0.15) is 10.8 Å². The summed E-state index contributed by atoms with van der Waals surface area (Å²) >= 11 is 1.53. The normalized spacial score (nSPS) is 18.6. The largest absolute Gasteiger partial charge is 0.438 e. The van der Waals surface area contributed by atoms with Crippen molar-refractivity contribution in [2.75, 3.05) is 26.8 Å². The van der Waals surface area contributed by atoms with E-state index in [-0.39, 0.29) is 6.10 Å². The number of nitrogens with zero attached hydrogens (tertiary/aromatic N) is 1. The van der Waals surface area contributed by atoms with E-state index in [4.69, 9.17) is 14.2 Å². The number of rotatable bonds is 5. The molecule has 5 nitrogen and oxygen atoms in total. The van der Waals surface area contributed by atoms with Crippen molar-refractivity contribution in [3.63, 3.8) is 0 Å². The van der Waals surface area contributed by atoms with Crippen molar-refractivity contribution in [3.05, 3.63) is 40.2 Å². The average Bonchev–Trinajstić information content (AvgIpc) is 2.96. The summed E-state index contributed by atoms with van der Waals surface area (Å²) in [6.45, 7) is 2.99. The summed E-state index contributed by atoms with van der Waals surface area (Å²) in [6.07, 6.45) is 0.0850. The zero-order valence-corrected chi connectivity index (χ0v) is 12.7. The van der Waals surface area contributed by atoms with Gasteiger partial charge in [-0.2, -0.15) is 0 Å². The maximum Gasteiger partial charge on any atom is 0.230 e. The molecule has 0 radical (unpaired) electrons. The minimum atomic E-state index is 0.0850. The average molecular weight is 306 g/mol. The van der Waals surface area contributed by atoms with Gasteiger partial charge in [0, 0.05) is 20.2 Å². The van der Waals surface area contributed by atoms with Crippen molar-refractivity contribution >= 4 is 11.3 Å². The van der Waals surface area contributed by atoms with Crippen LogP contribution < -0.4 is 10.1 Å². The number of methoxy groups -OCH3 is 1. The van der Waals surface area contributed by atoms with Crippen LogP contribution in [0.25, 0.3) is 0 Å². The Bertz CT molecular complexity index is 582. The standard InChI is InChI=1S/C15H18N2O3S/c1-18-9-15-17-14(10-21-15)20-12-4-2-3-11(7-12)13-8-16-5-6-19-13/h2-4,7,10,13,16H,5-6,8-9H2,1H3. The van der Waals surface area contributed by atoms with Crippen LogP contribution in [0.15, 0.2) is 29.6 Å². The number of ether oxygens (including phenoxy) is 3. The van der Waals surface area contributed by atoms with Crippen LogP contribution in [0.5, 0.6) is 11.6 Å². The molecular formula is C15H18N2O3S. The van der Waals surface area contributed by atoms with Crippen LogP contribution in [0, 0.1) is 0 Å². The predicted molar refractivity (Wildman–Crippen MR) is 80.9 cm³/mol. The van der Waals surface area contributed by atoms with Gasteiger partial charge >= 0.3 is 0 Å². The molecule has 21 heavy (non-hydrogen) atoms. The molecule has 2 aromatic rings. The van der Waals surface area contributed by atoms with E-state index < -0.39 is 0 Å². The fourth-order valence-electron chi connectivity index (χ4n) is 2.21. The van der Waals surface area contributed by atoms with Crippen LogP contribution in [-0.4, -0.2) is 31.8 Å². The van der Waals surface area contributed by atoms with Crippen molar-refractivity contribution < 1.29 is 14.2 Å². The minimum Gasteiger partial charge on any atom is -0.438 e. The number of morpholine rings is 1. The van der Waals surface area contributed by atoms with E-state index in [1.807, 2.05) is 23.6 Å². The van der Waals surface area contributed by atoms with Crippen LogP contribution in [-0.2, 0) is 16.1 Å². The summed E-state index contributed by atoms with van der Waals surface area (Å²) in [4.78, 5) is 4.37. The van der Waals surface area contributed by atoms with Gasteiger partial charge in [0.15, 0.2) is 0 Å². The number of aromatic nitrogens is 1. The smallest absolute Gasteiger partial charge is 0.230 e. The van der Waals surface area contributed by atoms with Crippen molar-refractivity contribution in [2.24, 2.45) is 0 Å². The molecule has 1 unspecified atom stereocenters. The topological polar surface area (TPSA) is 52.6 Å². The third kappa shape index (κ3) is 3.79. The van der Waals surface area contributed by atoms with E-state index in [1.54, 1.807) is 7.11 Å². The molecular weight excluding hydrogens is 288 g/mol. The molecule has 112 valence electrons. The van der Waals surface area contributed by atoms with E-state index in [2.05, 4.69) is 16.4 Å². The van der Waals surface area contributed by atoms with Gasteiger partial charge in [-0.1, -0.05) is 12.1 Å². The van der Waals surface area contributed by atoms with E-state index >= 15 is 0 Å². The van der Waals surface area contributed by atoms with Crippen LogP contribution in [0.1, 0.15) is 16.7 Å². The van der Waals surface area contributed by atoms with Gasteiger partial charge in [-0.25, -0.2) is 4.98 Å². The SMILES string of the molecule is COCc1nc(Oc2cccc(C3CNCCO3)c2)cs1. The quantitative estimate of drug-likeness (QED) is 0.920. The van der Waals surface area contributed by atoms with E-state index in [9.17, 15) is 0 Å². The Kier molecular flexibility index (Phi) is 4.82. The maximum atomic E-state index is 5.80. The lowest BCUT2D eigenvalue weighted by Crippen LogP contribution is -2.33. The first kappa shape index (κ1) is 14.5. The Morgan fingerprint density at radius 2 is 2.43 bits per heavy atom. The molecule has 1 saturated heterocycles. The van der Waals surface area contributed by atoms with Crippen molar-refractivity contribution in [3.8, 4) is 11.6 Å². The van der Waals surface area contributed by atoms with Gasteiger partial charge in [0.2, 0.25) is 5.88 Å². The lowest BCUT2D eigenvalue weighted by Gasteiger charge is -2.24. The Morgan fingerprint density at radius 1 is 1.48 bits per heavy atom. The van der Waals surface area contributed by atoms with Gasteiger partial charge in [-0.3, -0.25) is 0 Å². The lowest BCUT2D eigenvalue weighted by molar-refractivity contribution is 0.0276. The number of thiazole rings is 1. The van der Waals surface area contributed by atoms with E-state index in [1.165, 1.54) is 11.3 Å². The first-order valence-electron chi connectivity index (χ1n) is 6.88. The van der Waals surface area contributed by atoms with Crippen LogP contribution in [0.2, 0.25) is 0 Å². The summed E-state index contributed by atoms with van der Waals surface area (Å²) in [5.74, 6) is 1.38.